The fourth-order valence-electron chi connectivity index (χ4n) is 3.31. The lowest BCUT2D eigenvalue weighted by molar-refractivity contribution is -0.147. The summed E-state index contributed by atoms with van der Waals surface area (Å²) in [6.07, 6.45) is 4.80. The highest BCUT2D eigenvalue weighted by molar-refractivity contribution is 7.98. The second kappa shape index (κ2) is 5.72. The van der Waals surface area contributed by atoms with Crippen molar-refractivity contribution in [1.29, 1.82) is 0 Å². The number of benzene rings is 1. The van der Waals surface area contributed by atoms with E-state index in [9.17, 15) is 9.59 Å². The molecule has 4 nitrogen and oxygen atoms in total. The predicted molar refractivity (Wildman–Crippen MR) is 84.5 cm³/mol. The molecule has 0 radical (unpaired) electrons. The number of carbonyl (C=O) groups excluding carboxylic acids is 2. The maximum atomic E-state index is 12.9. The summed E-state index contributed by atoms with van der Waals surface area (Å²) >= 11 is 1.60. The molecule has 21 heavy (non-hydrogen) atoms. The Kier molecular flexibility index (Phi) is 3.93. The summed E-state index contributed by atoms with van der Waals surface area (Å²) in [5, 5.41) is 0. The Bertz CT molecular complexity index is 575. The summed E-state index contributed by atoms with van der Waals surface area (Å²) in [4.78, 5) is 30.1. The zero-order valence-corrected chi connectivity index (χ0v) is 13.2. The molecule has 0 aliphatic carbocycles. The van der Waals surface area contributed by atoms with Gasteiger partial charge in [0.25, 0.3) is 5.91 Å². The van der Waals surface area contributed by atoms with Crippen LogP contribution in [0.5, 0.6) is 0 Å². The summed E-state index contributed by atoms with van der Waals surface area (Å²) < 4.78 is 0. The van der Waals surface area contributed by atoms with Gasteiger partial charge < -0.3 is 4.90 Å². The summed E-state index contributed by atoms with van der Waals surface area (Å²) in [5.74, 6) is 0.151. The van der Waals surface area contributed by atoms with Crippen LogP contribution in [0.1, 0.15) is 26.2 Å². The number of piperazine rings is 1. The molecule has 0 aromatic heterocycles. The SMILES string of the molecule is CSc1ccccc1N1C(=O)C2CCCCN2C(=O)C1C. The van der Waals surface area contributed by atoms with Gasteiger partial charge in [0, 0.05) is 11.4 Å². The van der Waals surface area contributed by atoms with Crippen molar-refractivity contribution in [2.45, 2.75) is 43.2 Å². The van der Waals surface area contributed by atoms with Crippen molar-refractivity contribution in [3.63, 3.8) is 0 Å². The van der Waals surface area contributed by atoms with Gasteiger partial charge in [0.1, 0.15) is 12.1 Å². The van der Waals surface area contributed by atoms with Crippen molar-refractivity contribution < 1.29 is 9.59 Å². The summed E-state index contributed by atoms with van der Waals surface area (Å²) in [5.41, 5.74) is 0.862. The monoisotopic (exact) mass is 304 g/mol. The molecule has 2 atom stereocenters. The molecule has 0 spiro atoms. The van der Waals surface area contributed by atoms with Gasteiger partial charge in [-0.15, -0.1) is 11.8 Å². The maximum Gasteiger partial charge on any atom is 0.250 e. The first-order valence-corrected chi connectivity index (χ1v) is 8.64. The number of hydrogen-bond donors (Lipinski definition) is 0. The molecule has 112 valence electrons. The Hall–Kier alpha value is -1.49. The molecule has 2 aliphatic heterocycles. The number of para-hydroxylation sites is 1. The molecule has 5 heteroatoms. The largest absolute Gasteiger partial charge is 0.329 e. The predicted octanol–water partition coefficient (Wildman–Crippen LogP) is 2.52. The number of rotatable bonds is 2. The van der Waals surface area contributed by atoms with Crippen LogP contribution in [-0.4, -0.2) is 41.6 Å². The highest BCUT2D eigenvalue weighted by Gasteiger charge is 2.45. The van der Waals surface area contributed by atoms with E-state index in [2.05, 4.69) is 0 Å². The lowest BCUT2D eigenvalue weighted by Crippen LogP contribution is -2.65. The topological polar surface area (TPSA) is 40.6 Å². The van der Waals surface area contributed by atoms with Crippen LogP contribution in [-0.2, 0) is 9.59 Å². The van der Waals surface area contributed by atoms with Gasteiger partial charge in [-0.25, -0.2) is 0 Å². The Labute approximate surface area is 129 Å². The van der Waals surface area contributed by atoms with Crippen LogP contribution in [0, 0.1) is 0 Å². The van der Waals surface area contributed by atoms with E-state index in [1.165, 1.54) is 0 Å². The van der Waals surface area contributed by atoms with Gasteiger partial charge in [0.2, 0.25) is 5.91 Å². The van der Waals surface area contributed by atoms with Crippen molar-refractivity contribution >= 4 is 29.3 Å². The average molecular weight is 304 g/mol. The average Bonchev–Trinajstić information content (AvgIpc) is 2.53. The first-order chi connectivity index (χ1) is 10.1. The van der Waals surface area contributed by atoms with Gasteiger partial charge in [-0.1, -0.05) is 12.1 Å². The fourth-order valence-corrected chi connectivity index (χ4v) is 3.90. The number of nitrogens with zero attached hydrogens (tertiary/aromatic N) is 2. The molecule has 1 aromatic rings. The number of carbonyl (C=O) groups is 2. The number of fused-ring (bicyclic) bond motifs is 1. The van der Waals surface area contributed by atoms with Gasteiger partial charge in [-0.2, -0.15) is 0 Å². The molecule has 2 heterocycles. The molecule has 1 aromatic carbocycles. The van der Waals surface area contributed by atoms with E-state index >= 15 is 0 Å². The second-order valence-electron chi connectivity index (χ2n) is 5.60. The highest BCUT2D eigenvalue weighted by Crippen LogP contribution is 2.35. The highest BCUT2D eigenvalue weighted by atomic mass is 32.2. The Morgan fingerprint density at radius 1 is 1.14 bits per heavy atom. The molecule has 2 fully saturated rings. The Morgan fingerprint density at radius 3 is 2.67 bits per heavy atom. The van der Waals surface area contributed by atoms with E-state index in [0.29, 0.717) is 0 Å². The van der Waals surface area contributed by atoms with Crippen molar-refractivity contribution in [3.05, 3.63) is 24.3 Å². The fraction of sp³-hybridized carbons (Fsp3) is 0.500. The standard InChI is InChI=1S/C16H20N2O2S/c1-11-15(19)17-10-6-5-8-13(17)16(20)18(11)12-7-3-4-9-14(12)21-2/h3-4,7,9,11,13H,5-6,8,10H2,1-2H3. The Balaban J connectivity index is 2.01. The smallest absolute Gasteiger partial charge is 0.250 e. The number of piperidine rings is 1. The number of amides is 2. The zero-order chi connectivity index (χ0) is 15.0. The molecular weight excluding hydrogens is 284 g/mol. The van der Waals surface area contributed by atoms with E-state index in [-0.39, 0.29) is 17.9 Å². The summed E-state index contributed by atoms with van der Waals surface area (Å²) in [7, 11) is 0. The zero-order valence-electron chi connectivity index (χ0n) is 12.4. The van der Waals surface area contributed by atoms with Crippen LogP contribution < -0.4 is 4.90 Å². The van der Waals surface area contributed by atoms with Crippen LogP contribution in [0.2, 0.25) is 0 Å². The minimum absolute atomic E-state index is 0.0725. The molecule has 2 amide bonds. The third kappa shape index (κ3) is 2.33. The lowest BCUT2D eigenvalue weighted by atomic mass is 9.95. The van der Waals surface area contributed by atoms with Gasteiger partial charge in [-0.05, 0) is 44.6 Å². The number of anilines is 1. The molecule has 0 bridgehead atoms. The van der Waals surface area contributed by atoms with Gasteiger partial charge in [0.05, 0.1) is 5.69 Å². The van der Waals surface area contributed by atoms with E-state index in [1.54, 1.807) is 21.6 Å². The van der Waals surface area contributed by atoms with Crippen LogP contribution in [0.25, 0.3) is 0 Å². The molecular formula is C16H20N2O2S. The normalized spacial score (nSPS) is 26.0. The van der Waals surface area contributed by atoms with Gasteiger partial charge in [-0.3, -0.25) is 14.5 Å². The van der Waals surface area contributed by atoms with Crippen molar-refractivity contribution in [1.82, 2.24) is 4.90 Å². The van der Waals surface area contributed by atoms with E-state index in [0.717, 1.165) is 36.4 Å². The van der Waals surface area contributed by atoms with E-state index in [4.69, 9.17) is 0 Å². The number of thioether (sulfide) groups is 1. The minimum atomic E-state index is -0.417. The molecule has 0 N–H and O–H groups in total. The summed E-state index contributed by atoms with van der Waals surface area (Å²) in [6.45, 7) is 2.56. The Morgan fingerprint density at radius 2 is 1.90 bits per heavy atom. The van der Waals surface area contributed by atoms with E-state index < -0.39 is 6.04 Å². The lowest BCUT2D eigenvalue weighted by Gasteiger charge is -2.46. The first-order valence-electron chi connectivity index (χ1n) is 7.41. The van der Waals surface area contributed by atoms with Crippen LogP contribution in [0.15, 0.2) is 29.2 Å². The van der Waals surface area contributed by atoms with Crippen LogP contribution in [0.4, 0.5) is 5.69 Å². The molecule has 3 rings (SSSR count). The van der Waals surface area contributed by atoms with Crippen LogP contribution >= 0.6 is 11.8 Å². The molecule has 2 aliphatic rings. The quantitative estimate of drug-likeness (QED) is 0.788. The molecule has 2 saturated heterocycles. The van der Waals surface area contributed by atoms with Crippen LogP contribution in [0.3, 0.4) is 0 Å². The molecule has 0 saturated carbocycles. The minimum Gasteiger partial charge on any atom is -0.329 e. The molecule has 2 unspecified atom stereocenters. The van der Waals surface area contributed by atoms with Gasteiger partial charge in [0.15, 0.2) is 0 Å². The van der Waals surface area contributed by atoms with Crippen molar-refractivity contribution in [2.75, 3.05) is 17.7 Å². The maximum absolute atomic E-state index is 12.9. The van der Waals surface area contributed by atoms with Crippen molar-refractivity contribution in [3.8, 4) is 0 Å². The third-order valence-electron chi connectivity index (χ3n) is 4.40. The second-order valence-corrected chi connectivity index (χ2v) is 6.45. The van der Waals surface area contributed by atoms with Gasteiger partial charge >= 0.3 is 0 Å². The first kappa shape index (κ1) is 14.4. The van der Waals surface area contributed by atoms with E-state index in [1.807, 2.05) is 37.4 Å². The third-order valence-corrected chi connectivity index (χ3v) is 5.18. The number of hydrogen-bond acceptors (Lipinski definition) is 3. The van der Waals surface area contributed by atoms with Crippen molar-refractivity contribution in [2.24, 2.45) is 0 Å². The summed E-state index contributed by atoms with van der Waals surface area (Å²) in [6, 6.07) is 7.14.